The van der Waals surface area contributed by atoms with Gasteiger partial charge < -0.3 is 0 Å². The average molecular weight is 167 g/mol. The van der Waals surface area contributed by atoms with E-state index >= 15 is 0 Å². The first-order valence-electron chi connectivity index (χ1n) is 1.75. The average Bonchev–Trinajstić information content (AvgIpc) is 1.86. The third-order valence-corrected chi connectivity index (χ3v) is 2.27. The Kier molecular flexibility index (Phi) is 1.80. The smallest absolute Gasteiger partial charge is 0.0789 e. The molecule has 1 nitrogen and oxygen atoms in total. The fourth-order valence-corrected chi connectivity index (χ4v) is 1.44. The maximum Gasteiger partial charge on any atom is 0.0789 e. The standard InChI is InChI=1S/C3H5BrNS/c4-3-1-2-5-6-3/h1,3,5H,2H2. The monoisotopic (exact) mass is 166 g/mol. The van der Waals surface area contributed by atoms with Gasteiger partial charge in [0.05, 0.1) is 4.16 Å². The van der Waals surface area contributed by atoms with Crippen molar-refractivity contribution in [2.75, 3.05) is 6.54 Å². The van der Waals surface area contributed by atoms with E-state index in [-0.39, 0.29) is 0 Å². The summed E-state index contributed by atoms with van der Waals surface area (Å²) in [7, 11) is 0. The SMILES string of the molecule is BrC1[CH]CNS1. The van der Waals surface area contributed by atoms with Crippen LogP contribution in [0.2, 0.25) is 0 Å². The zero-order valence-corrected chi connectivity index (χ0v) is 5.55. The van der Waals surface area contributed by atoms with Crippen molar-refractivity contribution in [2.24, 2.45) is 0 Å². The number of alkyl halides is 1. The van der Waals surface area contributed by atoms with E-state index in [1.165, 1.54) is 0 Å². The van der Waals surface area contributed by atoms with Gasteiger partial charge in [0.2, 0.25) is 0 Å². The zero-order valence-electron chi connectivity index (χ0n) is 3.15. The first kappa shape index (κ1) is 4.94. The first-order chi connectivity index (χ1) is 2.89. The number of halogens is 1. The van der Waals surface area contributed by atoms with Crippen LogP contribution < -0.4 is 4.72 Å². The minimum Gasteiger partial charge on any atom is -0.263 e. The molecule has 1 rings (SSSR count). The molecular formula is C3H5BrNS. The number of hydrogen-bond donors (Lipinski definition) is 1. The zero-order chi connectivity index (χ0) is 4.41. The fourth-order valence-electron chi connectivity index (χ4n) is 0.317. The maximum absolute atomic E-state index is 3.38. The van der Waals surface area contributed by atoms with Crippen molar-refractivity contribution in [3.8, 4) is 0 Å². The lowest BCUT2D eigenvalue weighted by Crippen LogP contribution is -1.92. The maximum atomic E-state index is 3.38. The topological polar surface area (TPSA) is 12.0 Å². The summed E-state index contributed by atoms with van der Waals surface area (Å²) in [6.45, 7) is 1.03. The highest BCUT2D eigenvalue weighted by Crippen LogP contribution is 2.21. The Morgan fingerprint density at radius 3 is 3.00 bits per heavy atom. The molecule has 35 valence electrons. The second-order valence-electron chi connectivity index (χ2n) is 1.05. The molecule has 1 N–H and O–H groups in total. The van der Waals surface area contributed by atoms with E-state index in [2.05, 4.69) is 27.1 Å². The van der Waals surface area contributed by atoms with Crippen LogP contribution >= 0.6 is 27.9 Å². The predicted octanol–water partition coefficient (Wildman–Crippen LogP) is 1.16. The van der Waals surface area contributed by atoms with E-state index in [0.29, 0.717) is 4.16 Å². The largest absolute Gasteiger partial charge is 0.263 e. The number of rotatable bonds is 0. The highest BCUT2D eigenvalue weighted by atomic mass is 79.9. The van der Waals surface area contributed by atoms with Crippen LogP contribution in [0.1, 0.15) is 0 Å². The van der Waals surface area contributed by atoms with Gasteiger partial charge in [-0.2, -0.15) is 0 Å². The third kappa shape index (κ3) is 1.13. The van der Waals surface area contributed by atoms with E-state index in [9.17, 15) is 0 Å². The Morgan fingerprint density at radius 2 is 2.83 bits per heavy atom. The molecule has 1 radical (unpaired) electrons. The molecule has 0 aliphatic carbocycles. The van der Waals surface area contributed by atoms with Gasteiger partial charge in [0.25, 0.3) is 0 Å². The minimum absolute atomic E-state index is 0.539. The Labute approximate surface area is 50.1 Å². The van der Waals surface area contributed by atoms with Crippen molar-refractivity contribution in [3.63, 3.8) is 0 Å². The summed E-state index contributed by atoms with van der Waals surface area (Å²) >= 11 is 5.09. The van der Waals surface area contributed by atoms with Gasteiger partial charge in [-0.1, -0.05) is 27.9 Å². The molecule has 0 spiro atoms. The predicted molar refractivity (Wildman–Crippen MR) is 32.6 cm³/mol. The van der Waals surface area contributed by atoms with Gasteiger partial charge in [-0.15, -0.1) is 0 Å². The summed E-state index contributed by atoms with van der Waals surface area (Å²) in [5.74, 6) is 0. The number of hydrogen-bond acceptors (Lipinski definition) is 2. The van der Waals surface area contributed by atoms with E-state index in [1.807, 2.05) is 0 Å². The molecule has 1 fully saturated rings. The molecule has 0 saturated carbocycles. The Hall–Kier alpha value is 0.790. The van der Waals surface area contributed by atoms with Gasteiger partial charge in [0, 0.05) is 13.0 Å². The van der Waals surface area contributed by atoms with E-state index < -0.39 is 0 Å². The van der Waals surface area contributed by atoms with Crippen molar-refractivity contribution in [2.45, 2.75) is 4.16 Å². The lowest BCUT2D eigenvalue weighted by molar-refractivity contribution is 1.10. The summed E-state index contributed by atoms with van der Waals surface area (Å²) in [4.78, 5) is 0. The molecule has 6 heavy (non-hydrogen) atoms. The van der Waals surface area contributed by atoms with Gasteiger partial charge in [-0.3, -0.25) is 4.72 Å². The summed E-state index contributed by atoms with van der Waals surface area (Å²) in [6, 6.07) is 0. The molecule has 1 unspecified atom stereocenters. The first-order valence-corrected chi connectivity index (χ1v) is 3.55. The molecule has 0 aromatic carbocycles. The van der Waals surface area contributed by atoms with Crippen LogP contribution in [0.15, 0.2) is 0 Å². The van der Waals surface area contributed by atoms with Gasteiger partial charge in [0.15, 0.2) is 0 Å². The molecule has 1 atom stereocenters. The van der Waals surface area contributed by atoms with Crippen LogP contribution in [-0.4, -0.2) is 10.7 Å². The second-order valence-corrected chi connectivity index (χ2v) is 3.68. The number of nitrogens with one attached hydrogen (secondary N) is 1. The molecule has 0 bridgehead atoms. The van der Waals surface area contributed by atoms with Crippen LogP contribution in [0.25, 0.3) is 0 Å². The van der Waals surface area contributed by atoms with Gasteiger partial charge >= 0.3 is 0 Å². The molecule has 1 aliphatic rings. The summed E-state index contributed by atoms with van der Waals surface area (Å²) < 4.78 is 3.63. The quantitative estimate of drug-likeness (QED) is 0.429. The molecule has 1 aliphatic heterocycles. The molecule has 0 amide bonds. The molecule has 1 heterocycles. The summed E-state index contributed by atoms with van der Waals surface area (Å²) in [5.41, 5.74) is 0. The lowest BCUT2D eigenvalue weighted by Gasteiger charge is -1.87. The highest BCUT2D eigenvalue weighted by molar-refractivity contribution is 9.11. The van der Waals surface area contributed by atoms with Crippen molar-refractivity contribution in [3.05, 3.63) is 6.42 Å². The summed E-state index contributed by atoms with van der Waals surface area (Å²) in [6.07, 6.45) is 2.17. The van der Waals surface area contributed by atoms with Gasteiger partial charge in [0.1, 0.15) is 0 Å². The Balaban J connectivity index is 2.18. The Bertz CT molecular complexity index is 44.1. The van der Waals surface area contributed by atoms with E-state index in [1.54, 1.807) is 11.9 Å². The Morgan fingerprint density at radius 1 is 2.00 bits per heavy atom. The van der Waals surface area contributed by atoms with E-state index in [4.69, 9.17) is 0 Å². The highest BCUT2D eigenvalue weighted by Gasteiger charge is 2.09. The molecule has 1 saturated heterocycles. The van der Waals surface area contributed by atoms with Crippen LogP contribution in [0, 0.1) is 6.42 Å². The van der Waals surface area contributed by atoms with Crippen molar-refractivity contribution in [1.29, 1.82) is 0 Å². The molecular weight excluding hydrogens is 162 g/mol. The third-order valence-electron chi connectivity index (χ3n) is 0.582. The van der Waals surface area contributed by atoms with Crippen molar-refractivity contribution >= 4 is 27.9 Å². The fraction of sp³-hybridized carbons (Fsp3) is 0.667. The lowest BCUT2D eigenvalue weighted by atomic mass is 10.5. The van der Waals surface area contributed by atoms with Gasteiger partial charge in [-0.05, 0) is 0 Å². The second kappa shape index (κ2) is 2.19. The van der Waals surface area contributed by atoms with Crippen LogP contribution in [-0.2, 0) is 0 Å². The normalized spacial score (nSPS) is 34.5. The summed E-state index contributed by atoms with van der Waals surface area (Å²) in [5, 5.41) is 0. The van der Waals surface area contributed by atoms with Crippen LogP contribution in [0.4, 0.5) is 0 Å². The van der Waals surface area contributed by atoms with Crippen LogP contribution in [0.3, 0.4) is 0 Å². The van der Waals surface area contributed by atoms with Crippen molar-refractivity contribution < 1.29 is 0 Å². The molecule has 3 heteroatoms. The van der Waals surface area contributed by atoms with Crippen LogP contribution in [0.5, 0.6) is 0 Å². The van der Waals surface area contributed by atoms with Crippen molar-refractivity contribution in [1.82, 2.24) is 4.72 Å². The van der Waals surface area contributed by atoms with E-state index in [0.717, 1.165) is 6.54 Å². The molecule has 0 aromatic heterocycles. The van der Waals surface area contributed by atoms with Gasteiger partial charge in [-0.25, -0.2) is 0 Å². The molecule has 0 aromatic rings. The minimum atomic E-state index is 0.539.